The van der Waals surface area contributed by atoms with Crippen molar-refractivity contribution < 1.29 is 80.2 Å². The predicted octanol–water partition coefficient (Wildman–Crippen LogP) is 23.6. The molecule has 0 rings (SSSR count). The molecular weight excluding hydrogens is 1280 g/mol. The molecule has 582 valence electrons. The number of ether oxygens (including phenoxy) is 4. The summed E-state index contributed by atoms with van der Waals surface area (Å²) in [5.74, 6) is -1.34. The smallest absolute Gasteiger partial charge is 0.462 e. The quantitative estimate of drug-likeness (QED) is 0.0222. The number of carbonyl (C=O) groups is 4. The van der Waals surface area contributed by atoms with E-state index in [1.165, 1.54) is 244 Å². The van der Waals surface area contributed by atoms with Gasteiger partial charge in [-0.2, -0.15) is 0 Å². The van der Waals surface area contributed by atoms with E-state index in [0.717, 1.165) is 95.8 Å². The highest BCUT2D eigenvalue weighted by atomic mass is 31.2. The Morgan fingerprint density at radius 3 is 0.694 bits per heavy atom. The molecule has 0 aromatic rings. The molecule has 98 heavy (non-hydrogen) atoms. The van der Waals surface area contributed by atoms with Gasteiger partial charge in [0.25, 0.3) is 0 Å². The lowest BCUT2D eigenvalue weighted by atomic mass is 10.0. The first-order valence-corrected chi connectivity index (χ1v) is 44.1. The van der Waals surface area contributed by atoms with Crippen LogP contribution in [0.15, 0.2) is 0 Å². The lowest BCUT2D eigenvalue weighted by molar-refractivity contribution is -0.161. The van der Waals surface area contributed by atoms with E-state index in [2.05, 4.69) is 34.6 Å². The van der Waals surface area contributed by atoms with Crippen LogP contribution in [0.2, 0.25) is 0 Å². The Balaban J connectivity index is 5.22. The summed E-state index contributed by atoms with van der Waals surface area (Å²) in [6.07, 6.45) is 62.4. The standard InChI is InChI=1S/C79H154O17P2/c1-6-9-12-15-18-21-23-25-27-29-30-31-33-35-39-44-49-54-59-64-78(83)96-75(69-90-77(82)63-58-53-48-43-38-34-32-28-26-24-22-19-16-13-10-7-2)71-94-98(87,88)92-67-73(80)66-91-97(85,86)93-70-74(68-89-76(81)62-57-52-47-41-20-17-14-11-8-3)95-79(84)65-60-55-50-45-40-36-37-42-46-51-56-61-72(4)5/h72-75,80H,6-71H2,1-5H3,(H,85,86)(H,87,88)/t73-,74+,75+/m0/s1. The summed E-state index contributed by atoms with van der Waals surface area (Å²) < 4.78 is 68.6. The van der Waals surface area contributed by atoms with E-state index in [9.17, 15) is 43.2 Å². The van der Waals surface area contributed by atoms with Gasteiger partial charge >= 0.3 is 39.5 Å². The molecule has 2 unspecified atom stereocenters. The molecular formula is C79H154O17P2. The van der Waals surface area contributed by atoms with Crippen molar-refractivity contribution in [2.24, 2.45) is 5.92 Å². The molecule has 0 radical (unpaired) electrons. The number of aliphatic hydroxyl groups is 1. The van der Waals surface area contributed by atoms with Crippen molar-refractivity contribution >= 4 is 39.5 Å². The monoisotopic (exact) mass is 1440 g/mol. The van der Waals surface area contributed by atoms with E-state index >= 15 is 0 Å². The fourth-order valence-corrected chi connectivity index (χ4v) is 13.8. The predicted molar refractivity (Wildman–Crippen MR) is 400 cm³/mol. The Morgan fingerprint density at radius 2 is 0.469 bits per heavy atom. The Kier molecular flexibility index (Phi) is 70.6. The lowest BCUT2D eigenvalue weighted by Crippen LogP contribution is -2.30. The molecule has 0 saturated heterocycles. The van der Waals surface area contributed by atoms with Gasteiger partial charge in [0.15, 0.2) is 12.2 Å². The van der Waals surface area contributed by atoms with E-state index in [1.54, 1.807) is 0 Å². The molecule has 19 heteroatoms. The summed E-state index contributed by atoms with van der Waals surface area (Å²) in [4.78, 5) is 72.9. The molecule has 0 bridgehead atoms. The van der Waals surface area contributed by atoms with Gasteiger partial charge in [0.1, 0.15) is 19.3 Å². The van der Waals surface area contributed by atoms with E-state index in [1.807, 2.05) is 0 Å². The highest BCUT2D eigenvalue weighted by Crippen LogP contribution is 2.45. The third-order valence-electron chi connectivity index (χ3n) is 18.5. The van der Waals surface area contributed by atoms with E-state index in [4.69, 9.17) is 37.0 Å². The second-order valence-corrected chi connectivity index (χ2v) is 31.8. The van der Waals surface area contributed by atoms with Crippen LogP contribution in [0.25, 0.3) is 0 Å². The minimum absolute atomic E-state index is 0.107. The van der Waals surface area contributed by atoms with Crippen LogP contribution in [0.5, 0.6) is 0 Å². The molecule has 0 aromatic heterocycles. The third-order valence-corrected chi connectivity index (χ3v) is 20.4. The summed E-state index contributed by atoms with van der Waals surface area (Å²) in [6.45, 7) is 7.30. The van der Waals surface area contributed by atoms with Crippen molar-refractivity contribution in [3.05, 3.63) is 0 Å². The molecule has 5 atom stereocenters. The van der Waals surface area contributed by atoms with E-state index in [0.29, 0.717) is 25.7 Å². The normalized spacial score (nSPS) is 13.9. The third kappa shape index (κ3) is 72.4. The zero-order valence-corrected chi connectivity index (χ0v) is 65.7. The maximum atomic E-state index is 13.1. The zero-order valence-electron chi connectivity index (χ0n) is 63.9. The van der Waals surface area contributed by atoms with Crippen LogP contribution in [-0.4, -0.2) is 96.7 Å². The van der Waals surface area contributed by atoms with Crippen LogP contribution in [0.3, 0.4) is 0 Å². The molecule has 0 spiro atoms. The van der Waals surface area contributed by atoms with Crippen molar-refractivity contribution in [1.29, 1.82) is 0 Å². The summed E-state index contributed by atoms with van der Waals surface area (Å²) in [5.41, 5.74) is 0. The average Bonchev–Trinajstić information content (AvgIpc) is 1.17. The number of phosphoric ester groups is 2. The first-order chi connectivity index (χ1) is 47.5. The van der Waals surface area contributed by atoms with E-state index < -0.39 is 97.5 Å². The van der Waals surface area contributed by atoms with Crippen molar-refractivity contribution in [3.8, 4) is 0 Å². The molecule has 0 amide bonds. The Bertz CT molecular complexity index is 1870. The summed E-state index contributed by atoms with van der Waals surface area (Å²) in [6, 6.07) is 0. The number of unbranched alkanes of at least 4 members (excludes halogenated alkanes) is 51. The summed E-state index contributed by atoms with van der Waals surface area (Å²) in [5, 5.41) is 10.6. The number of aliphatic hydroxyl groups excluding tert-OH is 1. The minimum atomic E-state index is -4.96. The van der Waals surface area contributed by atoms with Crippen LogP contribution >= 0.6 is 15.6 Å². The molecule has 3 N–H and O–H groups in total. The molecule has 0 heterocycles. The molecule has 17 nitrogen and oxygen atoms in total. The highest BCUT2D eigenvalue weighted by Gasteiger charge is 2.30. The first-order valence-electron chi connectivity index (χ1n) is 41.1. The number of rotatable bonds is 79. The van der Waals surface area contributed by atoms with Crippen LogP contribution < -0.4 is 0 Å². The van der Waals surface area contributed by atoms with E-state index in [-0.39, 0.29) is 25.7 Å². The Hall–Kier alpha value is -1.94. The maximum Gasteiger partial charge on any atom is 0.472 e. The Labute approximate surface area is 600 Å². The maximum absolute atomic E-state index is 13.1. The number of carbonyl (C=O) groups excluding carboxylic acids is 4. The molecule has 0 aliphatic carbocycles. The summed E-state index contributed by atoms with van der Waals surface area (Å²) >= 11 is 0. The number of hydrogen-bond acceptors (Lipinski definition) is 15. The zero-order chi connectivity index (χ0) is 71.9. The average molecular weight is 1440 g/mol. The molecule has 0 aliphatic rings. The second-order valence-electron chi connectivity index (χ2n) is 28.9. The van der Waals surface area contributed by atoms with Gasteiger partial charge in [-0.25, -0.2) is 9.13 Å². The largest absolute Gasteiger partial charge is 0.472 e. The summed E-state index contributed by atoms with van der Waals surface area (Å²) in [7, 11) is -9.91. The molecule has 0 saturated carbocycles. The number of phosphoric acid groups is 2. The van der Waals surface area contributed by atoms with Gasteiger partial charge in [-0.15, -0.1) is 0 Å². The van der Waals surface area contributed by atoms with Gasteiger partial charge < -0.3 is 33.8 Å². The minimum Gasteiger partial charge on any atom is -0.462 e. The first kappa shape index (κ1) is 96.1. The fourth-order valence-electron chi connectivity index (χ4n) is 12.2. The van der Waals surface area contributed by atoms with Gasteiger partial charge in [-0.05, 0) is 31.6 Å². The van der Waals surface area contributed by atoms with Crippen molar-refractivity contribution in [2.45, 2.75) is 438 Å². The van der Waals surface area contributed by atoms with Gasteiger partial charge in [0.2, 0.25) is 0 Å². The van der Waals surface area contributed by atoms with Gasteiger partial charge in [-0.3, -0.25) is 37.3 Å². The molecule has 0 aromatic carbocycles. The van der Waals surface area contributed by atoms with Crippen LogP contribution in [0, 0.1) is 5.92 Å². The van der Waals surface area contributed by atoms with Crippen LogP contribution in [0.4, 0.5) is 0 Å². The van der Waals surface area contributed by atoms with Gasteiger partial charge in [0.05, 0.1) is 26.4 Å². The van der Waals surface area contributed by atoms with Crippen molar-refractivity contribution in [1.82, 2.24) is 0 Å². The SMILES string of the molecule is CCCCCCCCCCCCCCCCCCCCCC(=O)O[C@H](COC(=O)CCCCCCCCCCCCCCCCCC)COP(=O)(O)OC[C@@H](O)COP(=O)(O)OC[C@@H](COC(=O)CCCCCCCCCCC)OC(=O)CCCCCCCCCCCCCC(C)C. The lowest BCUT2D eigenvalue weighted by Gasteiger charge is -2.21. The van der Waals surface area contributed by atoms with Crippen molar-refractivity contribution in [3.63, 3.8) is 0 Å². The van der Waals surface area contributed by atoms with Gasteiger partial charge in [0, 0.05) is 25.7 Å². The topological polar surface area (TPSA) is 237 Å². The molecule has 0 fully saturated rings. The Morgan fingerprint density at radius 1 is 0.276 bits per heavy atom. The second kappa shape index (κ2) is 72.0. The number of hydrogen-bond donors (Lipinski definition) is 3. The molecule has 0 aliphatic heterocycles. The van der Waals surface area contributed by atoms with Crippen LogP contribution in [0.1, 0.15) is 420 Å². The van der Waals surface area contributed by atoms with Gasteiger partial charge in [-0.1, -0.05) is 369 Å². The van der Waals surface area contributed by atoms with Crippen molar-refractivity contribution in [2.75, 3.05) is 39.6 Å². The fraction of sp³-hybridized carbons (Fsp3) is 0.949. The highest BCUT2D eigenvalue weighted by molar-refractivity contribution is 7.47. The van der Waals surface area contributed by atoms with Crippen LogP contribution in [-0.2, 0) is 65.4 Å². The number of esters is 4.